The van der Waals surface area contributed by atoms with E-state index in [0.29, 0.717) is 0 Å². The van der Waals surface area contributed by atoms with Crippen molar-refractivity contribution in [2.75, 3.05) is 0 Å². The molecule has 0 saturated heterocycles. The van der Waals surface area contributed by atoms with E-state index in [4.69, 9.17) is 0 Å². The van der Waals surface area contributed by atoms with Gasteiger partial charge in [0.25, 0.3) is 0 Å². The summed E-state index contributed by atoms with van der Waals surface area (Å²) in [4.78, 5) is 0. The molecule has 62 valence electrons. The smallest absolute Gasteiger partial charge is 0.0169 e. The molecular formula is C11H18. The summed E-state index contributed by atoms with van der Waals surface area (Å²) in [5.41, 5.74) is 0. The quantitative estimate of drug-likeness (QED) is 0.501. The van der Waals surface area contributed by atoms with Gasteiger partial charge < -0.3 is 0 Å². The summed E-state index contributed by atoms with van der Waals surface area (Å²) < 4.78 is 0. The third kappa shape index (κ3) is 2.92. The maximum absolute atomic E-state index is 2.38. The third-order valence-electron chi connectivity index (χ3n) is 2.35. The highest BCUT2D eigenvalue weighted by Crippen LogP contribution is 2.20. The summed E-state index contributed by atoms with van der Waals surface area (Å²) >= 11 is 0. The molecule has 1 aliphatic rings. The van der Waals surface area contributed by atoms with Crippen LogP contribution in [0.1, 0.15) is 33.1 Å². The molecule has 1 atom stereocenters. The SMILES string of the molecule is CC(C)C1/C=C\C/C=C\CC1. The van der Waals surface area contributed by atoms with E-state index in [1.54, 1.807) is 0 Å². The first kappa shape index (κ1) is 8.58. The van der Waals surface area contributed by atoms with Crippen molar-refractivity contribution in [2.24, 2.45) is 11.8 Å². The Bertz CT molecular complexity index is 151. The van der Waals surface area contributed by atoms with E-state index < -0.39 is 0 Å². The van der Waals surface area contributed by atoms with E-state index in [9.17, 15) is 0 Å². The van der Waals surface area contributed by atoms with Crippen LogP contribution in [0, 0.1) is 11.8 Å². The fourth-order valence-electron chi connectivity index (χ4n) is 1.49. The molecule has 0 aromatic carbocycles. The molecule has 0 heterocycles. The molecule has 1 unspecified atom stereocenters. The molecule has 0 amide bonds. The molecule has 0 nitrogen and oxygen atoms in total. The molecule has 0 N–H and O–H groups in total. The Kier molecular flexibility index (Phi) is 3.41. The minimum Gasteiger partial charge on any atom is -0.0882 e. The zero-order chi connectivity index (χ0) is 8.10. The van der Waals surface area contributed by atoms with Crippen molar-refractivity contribution in [3.8, 4) is 0 Å². The summed E-state index contributed by atoms with van der Waals surface area (Å²) in [6.45, 7) is 4.61. The topological polar surface area (TPSA) is 0 Å². The average Bonchev–Trinajstić information content (AvgIpc) is 1.84. The van der Waals surface area contributed by atoms with Crippen LogP contribution in [0.3, 0.4) is 0 Å². The normalized spacial score (nSPS) is 31.0. The van der Waals surface area contributed by atoms with Gasteiger partial charge in [0.05, 0.1) is 0 Å². The maximum atomic E-state index is 2.38. The molecular weight excluding hydrogens is 132 g/mol. The largest absolute Gasteiger partial charge is 0.0882 e. The molecule has 0 aromatic heterocycles. The van der Waals surface area contributed by atoms with Gasteiger partial charge in [-0.3, -0.25) is 0 Å². The molecule has 0 saturated carbocycles. The van der Waals surface area contributed by atoms with Crippen LogP contribution < -0.4 is 0 Å². The second-order valence-corrected chi connectivity index (χ2v) is 3.62. The van der Waals surface area contributed by atoms with Crippen LogP contribution in [-0.2, 0) is 0 Å². The number of rotatable bonds is 1. The molecule has 0 spiro atoms. The first-order valence-electron chi connectivity index (χ1n) is 4.62. The predicted molar refractivity (Wildman–Crippen MR) is 50.5 cm³/mol. The lowest BCUT2D eigenvalue weighted by Gasteiger charge is -2.16. The van der Waals surface area contributed by atoms with Gasteiger partial charge in [-0.25, -0.2) is 0 Å². The first-order valence-corrected chi connectivity index (χ1v) is 4.62. The fourth-order valence-corrected chi connectivity index (χ4v) is 1.49. The number of hydrogen-bond acceptors (Lipinski definition) is 0. The maximum Gasteiger partial charge on any atom is -0.0169 e. The Hall–Kier alpha value is -0.520. The van der Waals surface area contributed by atoms with Gasteiger partial charge >= 0.3 is 0 Å². The van der Waals surface area contributed by atoms with E-state index in [1.807, 2.05) is 0 Å². The first-order chi connectivity index (χ1) is 5.30. The Morgan fingerprint density at radius 1 is 1.18 bits per heavy atom. The van der Waals surface area contributed by atoms with Crippen molar-refractivity contribution in [3.63, 3.8) is 0 Å². The molecule has 1 aliphatic carbocycles. The summed E-state index contributed by atoms with van der Waals surface area (Å²) in [5.74, 6) is 1.61. The summed E-state index contributed by atoms with van der Waals surface area (Å²) in [6, 6.07) is 0. The second kappa shape index (κ2) is 4.38. The zero-order valence-electron chi connectivity index (χ0n) is 7.59. The standard InChI is InChI=1S/C11H18/c1-10(2)11-8-6-4-3-5-7-9-11/h3-4,7,9-11H,5-6,8H2,1-2H3/b4-3-,9-7-. The molecule has 1 rings (SSSR count). The lowest BCUT2D eigenvalue weighted by molar-refractivity contribution is 0.437. The Balaban J connectivity index is 2.47. The van der Waals surface area contributed by atoms with Gasteiger partial charge in [-0.15, -0.1) is 0 Å². The van der Waals surface area contributed by atoms with Crippen molar-refractivity contribution >= 4 is 0 Å². The minimum absolute atomic E-state index is 0.803. The summed E-state index contributed by atoms with van der Waals surface area (Å²) in [7, 11) is 0. The Labute approximate surface area is 70.0 Å². The van der Waals surface area contributed by atoms with Crippen LogP contribution in [0.15, 0.2) is 24.3 Å². The molecule has 0 bridgehead atoms. The van der Waals surface area contributed by atoms with Crippen LogP contribution in [0.2, 0.25) is 0 Å². The zero-order valence-corrected chi connectivity index (χ0v) is 7.59. The van der Waals surface area contributed by atoms with Gasteiger partial charge in [-0.05, 0) is 31.1 Å². The van der Waals surface area contributed by atoms with Crippen LogP contribution in [0.4, 0.5) is 0 Å². The molecule has 0 aromatic rings. The van der Waals surface area contributed by atoms with Crippen molar-refractivity contribution in [1.82, 2.24) is 0 Å². The van der Waals surface area contributed by atoms with E-state index in [0.717, 1.165) is 18.3 Å². The van der Waals surface area contributed by atoms with E-state index in [2.05, 4.69) is 38.2 Å². The van der Waals surface area contributed by atoms with Crippen LogP contribution in [-0.4, -0.2) is 0 Å². The predicted octanol–water partition coefficient (Wildman–Crippen LogP) is 3.55. The van der Waals surface area contributed by atoms with Crippen molar-refractivity contribution in [1.29, 1.82) is 0 Å². The Morgan fingerprint density at radius 3 is 2.73 bits per heavy atom. The highest BCUT2D eigenvalue weighted by molar-refractivity contribution is 4.99. The van der Waals surface area contributed by atoms with Crippen LogP contribution >= 0.6 is 0 Å². The van der Waals surface area contributed by atoms with Gasteiger partial charge in [0.1, 0.15) is 0 Å². The summed E-state index contributed by atoms with van der Waals surface area (Å²) in [5, 5.41) is 0. The lowest BCUT2D eigenvalue weighted by atomic mass is 9.89. The Morgan fingerprint density at radius 2 is 2.00 bits per heavy atom. The molecule has 0 radical (unpaired) electrons. The van der Waals surface area contributed by atoms with Gasteiger partial charge in [0.15, 0.2) is 0 Å². The monoisotopic (exact) mass is 150 g/mol. The van der Waals surface area contributed by atoms with Gasteiger partial charge in [0, 0.05) is 0 Å². The second-order valence-electron chi connectivity index (χ2n) is 3.62. The van der Waals surface area contributed by atoms with E-state index in [-0.39, 0.29) is 0 Å². The molecule has 11 heavy (non-hydrogen) atoms. The number of allylic oxidation sites excluding steroid dienone is 4. The van der Waals surface area contributed by atoms with Gasteiger partial charge in [0.2, 0.25) is 0 Å². The molecule has 0 aliphatic heterocycles. The van der Waals surface area contributed by atoms with Gasteiger partial charge in [-0.1, -0.05) is 38.2 Å². The van der Waals surface area contributed by atoms with Crippen molar-refractivity contribution in [2.45, 2.75) is 33.1 Å². The van der Waals surface area contributed by atoms with Crippen LogP contribution in [0.25, 0.3) is 0 Å². The van der Waals surface area contributed by atoms with Gasteiger partial charge in [-0.2, -0.15) is 0 Å². The third-order valence-corrected chi connectivity index (χ3v) is 2.35. The summed E-state index contributed by atoms with van der Waals surface area (Å²) in [6.07, 6.45) is 12.9. The highest BCUT2D eigenvalue weighted by Gasteiger charge is 2.08. The fraction of sp³-hybridized carbons (Fsp3) is 0.636. The van der Waals surface area contributed by atoms with Crippen molar-refractivity contribution in [3.05, 3.63) is 24.3 Å². The van der Waals surface area contributed by atoms with Crippen molar-refractivity contribution < 1.29 is 0 Å². The minimum atomic E-state index is 0.803. The highest BCUT2D eigenvalue weighted by atomic mass is 14.1. The number of hydrogen-bond donors (Lipinski definition) is 0. The average molecular weight is 150 g/mol. The molecule has 0 fully saturated rings. The molecule has 0 heteroatoms. The van der Waals surface area contributed by atoms with E-state index in [1.165, 1.54) is 12.8 Å². The van der Waals surface area contributed by atoms with E-state index >= 15 is 0 Å². The van der Waals surface area contributed by atoms with Crippen LogP contribution in [0.5, 0.6) is 0 Å². The lowest BCUT2D eigenvalue weighted by Crippen LogP contribution is -2.05.